The number of para-hydroxylation sites is 1. The highest BCUT2D eigenvalue weighted by molar-refractivity contribution is 5.84. The summed E-state index contributed by atoms with van der Waals surface area (Å²) in [5.41, 5.74) is 1.88. The molecule has 1 saturated heterocycles. The number of hydrogen-bond donors (Lipinski definition) is 0. The van der Waals surface area contributed by atoms with E-state index in [2.05, 4.69) is 23.9 Å². The van der Waals surface area contributed by atoms with E-state index in [-0.39, 0.29) is 0 Å². The minimum absolute atomic E-state index is 0.676. The van der Waals surface area contributed by atoms with Gasteiger partial charge in [0, 0.05) is 30.4 Å². The lowest BCUT2D eigenvalue weighted by Gasteiger charge is -2.36. The normalized spacial score (nSPS) is 17.5. The Kier molecular flexibility index (Phi) is 3.79. The summed E-state index contributed by atoms with van der Waals surface area (Å²) in [4.78, 5) is 15.6. The highest BCUT2D eigenvalue weighted by Crippen LogP contribution is 2.24. The van der Waals surface area contributed by atoms with Crippen molar-refractivity contribution in [3.05, 3.63) is 29.8 Å². The van der Waals surface area contributed by atoms with Gasteiger partial charge in [-0.25, -0.2) is 0 Å². The Hall–Kier alpha value is -1.35. The monoisotopic (exact) mass is 232 g/mol. The van der Waals surface area contributed by atoms with E-state index >= 15 is 0 Å². The fourth-order valence-corrected chi connectivity index (χ4v) is 2.50. The third-order valence-corrected chi connectivity index (χ3v) is 3.60. The van der Waals surface area contributed by atoms with Crippen LogP contribution in [-0.4, -0.2) is 44.4 Å². The molecule has 0 atom stereocenters. The van der Waals surface area contributed by atoms with Gasteiger partial charge < -0.3 is 9.80 Å². The zero-order valence-corrected chi connectivity index (χ0v) is 10.6. The molecule has 1 aromatic carbocycles. The van der Waals surface area contributed by atoms with Crippen LogP contribution in [0.5, 0.6) is 0 Å². The lowest BCUT2D eigenvalue weighted by molar-refractivity contribution is 0.112. The first-order valence-electron chi connectivity index (χ1n) is 6.18. The number of carbonyl (C=O) groups excluding carboxylic acids is 1. The molecule has 92 valence electrons. The minimum atomic E-state index is 0.676. The molecule has 0 N–H and O–H groups in total. The summed E-state index contributed by atoms with van der Waals surface area (Å²) in [6.07, 6.45) is 3.29. The third kappa shape index (κ3) is 2.67. The molecule has 2 rings (SSSR count). The number of hydrogen-bond acceptors (Lipinski definition) is 3. The highest BCUT2D eigenvalue weighted by Gasteiger charge is 2.21. The summed E-state index contributed by atoms with van der Waals surface area (Å²) < 4.78 is 0. The summed E-state index contributed by atoms with van der Waals surface area (Å²) in [5, 5.41) is 0. The van der Waals surface area contributed by atoms with E-state index in [0.717, 1.165) is 30.6 Å². The van der Waals surface area contributed by atoms with Crippen molar-refractivity contribution in [3.63, 3.8) is 0 Å². The average molecular weight is 232 g/mol. The number of anilines is 1. The molecule has 3 nitrogen and oxygen atoms in total. The first-order chi connectivity index (χ1) is 8.22. The summed E-state index contributed by atoms with van der Waals surface area (Å²) in [6, 6.07) is 8.52. The molecule has 3 heteroatoms. The molecular formula is C14H20N2O. The summed E-state index contributed by atoms with van der Waals surface area (Å²) in [6.45, 7) is 2.07. The van der Waals surface area contributed by atoms with E-state index in [9.17, 15) is 4.79 Å². The molecule has 1 heterocycles. The van der Waals surface area contributed by atoms with Crippen molar-refractivity contribution in [2.75, 3.05) is 32.1 Å². The van der Waals surface area contributed by atoms with Gasteiger partial charge in [-0.2, -0.15) is 0 Å². The predicted molar refractivity (Wildman–Crippen MR) is 70.8 cm³/mol. The third-order valence-electron chi connectivity index (χ3n) is 3.60. The van der Waals surface area contributed by atoms with E-state index in [1.807, 2.05) is 24.3 Å². The number of nitrogens with zero attached hydrogens (tertiary/aromatic N) is 2. The van der Waals surface area contributed by atoms with Crippen LogP contribution in [-0.2, 0) is 0 Å². The second kappa shape index (κ2) is 5.32. The lowest BCUT2D eigenvalue weighted by Crippen LogP contribution is -2.42. The molecule has 17 heavy (non-hydrogen) atoms. The van der Waals surface area contributed by atoms with Crippen LogP contribution < -0.4 is 4.90 Å². The topological polar surface area (TPSA) is 23.6 Å². The van der Waals surface area contributed by atoms with Gasteiger partial charge in [-0.05, 0) is 39.1 Å². The zero-order chi connectivity index (χ0) is 12.3. The van der Waals surface area contributed by atoms with Crippen LogP contribution in [0, 0.1) is 0 Å². The SMILES string of the molecule is CN(C)C1CCN(c2ccccc2C=O)CC1. The highest BCUT2D eigenvalue weighted by atomic mass is 16.1. The predicted octanol–water partition coefficient (Wildman–Crippen LogP) is 2.03. The number of carbonyl (C=O) groups is 1. The summed E-state index contributed by atoms with van der Waals surface area (Å²) in [5.74, 6) is 0. The molecule has 0 aliphatic carbocycles. The first kappa shape index (κ1) is 12.1. The van der Waals surface area contributed by atoms with Crippen LogP contribution in [0.4, 0.5) is 5.69 Å². The quantitative estimate of drug-likeness (QED) is 0.745. The minimum Gasteiger partial charge on any atom is -0.371 e. The number of rotatable bonds is 3. The molecule has 1 fully saturated rings. The summed E-state index contributed by atoms with van der Waals surface area (Å²) in [7, 11) is 4.28. The first-order valence-corrected chi connectivity index (χ1v) is 6.18. The molecule has 1 aliphatic rings. The number of benzene rings is 1. The van der Waals surface area contributed by atoms with Crippen LogP contribution >= 0.6 is 0 Å². The van der Waals surface area contributed by atoms with E-state index in [1.165, 1.54) is 12.8 Å². The molecule has 0 bridgehead atoms. The number of aldehydes is 1. The lowest BCUT2D eigenvalue weighted by atomic mass is 10.0. The molecule has 0 spiro atoms. The fourth-order valence-electron chi connectivity index (χ4n) is 2.50. The van der Waals surface area contributed by atoms with Crippen molar-refractivity contribution in [2.45, 2.75) is 18.9 Å². The molecule has 0 unspecified atom stereocenters. The smallest absolute Gasteiger partial charge is 0.152 e. The largest absolute Gasteiger partial charge is 0.371 e. The van der Waals surface area contributed by atoms with Gasteiger partial charge in [0.15, 0.2) is 6.29 Å². The Morgan fingerprint density at radius 1 is 1.24 bits per heavy atom. The Morgan fingerprint density at radius 2 is 1.88 bits per heavy atom. The maximum absolute atomic E-state index is 11.0. The van der Waals surface area contributed by atoms with E-state index in [0.29, 0.717) is 6.04 Å². The Labute approximate surface area is 103 Å². The second-order valence-electron chi connectivity index (χ2n) is 4.86. The molecular weight excluding hydrogens is 212 g/mol. The van der Waals surface area contributed by atoms with E-state index in [4.69, 9.17) is 0 Å². The van der Waals surface area contributed by atoms with Crippen LogP contribution in [0.3, 0.4) is 0 Å². The van der Waals surface area contributed by atoms with Crippen LogP contribution in [0.25, 0.3) is 0 Å². The van der Waals surface area contributed by atoms with Gasteiger partial charge in [0.25, 0.3) is 0 Å². The molecule has 1 aliphatic heterocycles. The fraction of sp³-hybridized carbons (Fsp3) is 0.500. The average Bonchev–Trinajstić information content (AvgIpc) is 2.39. The standard InChI is InChI=1S/C14H20N2O/c1-15(2)13-7-9-16(10-8-13)14-6-4-3-5-12(14)11-17/h3-6,11,13H,7-10H2,1-2H3. The van der Waals surface area contributed by atoms with Crippen molar-refractivity contribution in [2.24, 2.45) is 0 Å². The molecule has 0 saturated carbocycles. The van der Waals surface area contributed by atoms with E-state index < -0.39 is 0 Å². The maximum atomic E-state index is 11.0. The van der Waals surface area contributed by atoms with Gasteiger partial charge in [-0.3, -0.25) is 4.79 Å². The van der Waals surface area contributed by atoms with Crippen molar-refractivity contribution in [1.82, 2.24) is 4.90 Å². The van der Waals surface area contributed by atoms with Crippen molar-refractivity contribution in [3.8, 4) is 0 Å². The van der Waals surface area contributed by atoms with Gasteiger partial charge in [0.2, 0.25) is 0 Å². The van der Waals surface area contributed by atoms with Crippen molar-refractivity contribution in [1.29, 1.82) is 0 Å². The van der Waals surface area contributed by atoms with Crippen LogP contribution in [0.1, 0.15) is 23.2 Å². The van der Waals surface area contributed by atoms with Crippen molar-refractivity contribution >= 4 is 12.0 Å². The second-order valence-corrected chi connectivity index (χ2v) is 4.86. The maximum Gasteiger partial charge on any atom is 0.152 e. The molecule has 0 aromatic heterocycles. The van der Waals surface area contributed by atoms with Crippen molar-refractivity contribution < 1.29 is 4.79 Å². The Balaban J connectivity index is 2.07. The van der Waals surface area contributed by atoms with Gasteiger partial charge in [-0.1, -0.05) is 12.1 Å². The van der Waals surface area contributed by atoms with Gasteiger partial charge in [0.1, 0.15) is 0 Å². The van der Waals surface area contributed by atoms with Crippen LogP contribution in [0.2, 0.25) is 0 Å². The summed E-state index contributed by atoms with van der Waals surface area (Å²) >= 11 is 0. The Bertz CT molecular complexity index is 382. The molecule has 0 amide bonds. The number of piperidine rings is 1. The Morgan fingerprint density at radius 3 is 2.47 bits per heavy atom. The van der Waals surface area contributed by atoms with Gasteiger partial charge in [-0.15, -0.1) is 0 Å². The van der Waals surface area contributed by atoms with Gasteiger partial charge in [0.05, 0.1) is 0 Å². The molecule has 1 aromatic rings. The molecule has 0 radical (unpaired) electrons. The zero-order valence-electron chi connectivity index (χ0n) is 10.6. The van der Waals surface area contributed by atoms with E-state index in [1.54, 1.807) is 0 Å². The van der Waals surface area contributed by atoms with Crippen LogP contribution in [0.15, 0.2) is 24.3 Å². The van der Waals surface area contributed by atoms with Gasteiger partial charge >= 0.3 is 0 Å².